The number of nitrogens with one attached hydrogen (secondary N) is 1. The Morgan fingerprint density at radius 1 is 1.25 bits per heavy atom. The molecule has 4 rings (SSSR count). The fourth-order valence-electron chi connectivity index (χ4n) is 2.95. The van der Waals surface area contributed by atoms with Crippen molar-refractivity contribution < 1.29 is 9.15 Å². The highest BCUT2D eigenvalue weighted by atomic mass is 16.5. The number of aromatic amines is 1. The molecule has 0 amide bonds. The van der Waals surface area contributed by atoms with Crippen LogP contribution in [0.5, 0.6) is 0 Å². The van der Waals surface area contributed by atoms with Crippen LogP contribution in [0.2, 0.25) is 0 Å². The summed E-state index contributed by atoms with van der Waals surface area (Å²) in [5.41, 5.74) is 1.51. The molecule has 0 bridgehead atoms. The van der Waals surface area contributed by atoms with E-state index in [1.54, 1.807) is 23.1 Å². The second-order valence-corrected chi connectivity index (χ2v) is 5.79. The molecular formula is C16H19N5O3. The number of H-pyrrole nitrogens is 1. The molecule has 1 saturated heterocycles. The van der Waals surface area contributed by atoms with Crippen molar-refractivity contribution in [3.05, 3.63) is 35.1 Å². The summed E-state index contributed by atoms with van der Waals surface area (Å²) in [6.07, 6.45) is 4.07. The van der Waals surface area contributed by atoms with Crippen molar-refractivity contribution in [1.82, 2.24) is 24.4 Å². The van der Waals surface area contributed by atoms with Crippen molar-refractivity contribution in [1.29, 1.82) is 0 Å². The first-order valence-corrected chi connectivity index (χ1v) is 8.11. The molecule has 3 aromatic rings. The highest BCUT2D eigenvalue weighted by Gasteiger charge is 2.14. The fraction of sp³-hybridized carbons (Fsp3) is 0.438. The third-order valence-electron chi connectivity index (χ3n) is 4.21. The molecule has 4 heterocycles. The first-order valence-electron chi connectivity index (χ1n) is 8.11. The van der Waals surface area contributed by atoms with Crippen LogP contribution in [0.1, 0.15) is 6.42 Å². The van der Waals surface area contributed by atoms with Gasteiger partial charge in [-0.3, -0.25) is 14.5 Å². The number of ether oxygens (including phenoxy) is 1. The van der Waals surface area contributed by atoms with Gasteiger partial charge in [0.15, 0.2) is 17.1 Å². The zero-order valence-electron chi connectivity index (χ0n) is 13.3. The maximum atomic E-state index is 12.2. The Labute approximate surface area is 138 Å². The van der Waals surface area contributed by atoms with Crippen LogP contribution in [0.4, 0.5) is 0 Å². The number of furan rings is 1. The smallest absolute Gasteiger partial charge is 0.328 e. The van der Waals surface area contributed by atoms with Gasteiger partial charge in [0.1, 0.15) is 5.69 Å². The minimum absolute atomic E-state index is 0.177. The van der Waals surface area contributed by atoms with Gasteiger partial charge in [-0.25, -0.2) is 14.8 Å². The average Bonchev–Trinajstić information content (AvgIpc) is 3.24. The van der Waals surface area contributed by atoms with E-state index in [9.17, 15) is 4.79 Å². The third kappa shape index (κ3) is 2.98. The summed E-state index contributed by atoms with van der Waals surface area (Å²) in [6.45, 7) is 5.01. The Kier molecular flexibility index (Phi) is 4.14. The first kappa shape index (κ1) is 15.1. The van der Waals surface area contributed by atoms with Crippen LogP contribution in [-0.2, 0) is 11.3 Å². The van der Waals surface area contributed by atoms with Crippen molar-refractivity contribution in [3.63, 3.8) is 0 Å². The second-order valence-electron chi connectivity index (χ2n) is 5.79. The lowest BCUT2D eigenvalue weighted by Gasteiger charge is -2.26. The number of aryl methyl sites for hydroxylation is 1. The molecule has 0 aromatic carbocycles. The Morgan fingerprint density at radius 2 is 2.12 bits per heavy atom. The Balaban J connectivity index is 1.54. The van der Waals surface area contributed by atoms with E-state index in [1.165, 1.54) is 0 Å². The number of morpholine rings is 1. The van der Waals surface area contributed by atoms with E-state index >= 15 is 0 Å². The first-order chi connectivity index (χ1) is 11.8. The zero-order valence-corrected chi connectivity index (χ0v) is 13.3. The topological polar surface area (TPSA) is 89.2 Å². The van der Waals surface area contributed by atoms with Crippen molar-refractivity contribution >= 4 is 11.3 Å². The van der Waals surface area contributed by atoms with Gasteiger partial charge in [0.25, 0.3) is 0 Å². The summed E-state index contributed by atoms with van der Waals surface area (Å²) in [5.74, 6) is 0.637. The largest absolute Gasteiger partial charge is 0.463 e. The lowest BCUT2D eigenvalue weighted by molar-refractivity contribution is 0.0369. The summed E-state index contributed by atoms with van der Waals surface area (Å²) < 4.78 is 12.4. The molecule has 0 spiro atoms. The maximum Gasteiger partial charge on any atom is 0.328 e. The predicted molar refractivity (Wildman–Crippen MR) is 87.7 cm³/mol. The molecule has 1 fully saturated rings. The molecule has 24 heavy (non-hydrogen) atoms. The molecule has 1 aliphatic heterocycles. The number of imidazole rings is 1. The quantitative estimate of drug-likeness (QED) is 0.754. The molecule has 1 N–H and O–H groups in total. The molecule has 8 nitrogen and oxygen atoms in total. The van der Waals surface area contributed by atoms with E-state index in [4.69, 9.17) is 9.15 Å². The molecule has 0 saturated carbocycles. The van der Waals surface area contributed by atoms with Gasteiger partial charge in [0.05, 0.1) is 25.7 Å². The SMILES string of the molecule is O=c1[nH]c2ncc(-c3ccco3)nc2n1CCCN1CCOCC1. The number of nitrogens with zero attached hydrogens (tertiary/aromatic N) is 4. The number of aromatic nitrogens is 4. The standard InChI is InChI=1S/C16H19N5O3/c22-16-19-14-15(18-12(11-17-14)13-3-1-8-24-13)21(16)5-2-4-20-6-9-23-10-7-20/h1,3,8,11H,2,4-7,9-10H2,(H,17,19,22). The van der Waals surface area contributed by atoms with Crippen LogP contribution < -0.4 is 5.69 Å². The third-order valence-corrected chi connectivity index (χ3v) is 4.21. The minimum atomic E-state index is -0.177. The monoisotopic (exact) mass is 329 g/mol. The molecule has 0 atom stereocenters. The molecule has 0 aliphatic carbocycles. The highest BCUT2D eigenvalue weighted by Crippen LogP contribution is 2.18. The molecule has 8 heteroatoms. The van der Waals surface area contributed by atoms with Crippen LogP contribution in [0.15, 0.2) is 33.8 Å². The van der Waals surface area contributed by atoms with Crippen LogP contribution >= 0.6 is 0 Å². The van der Waals surface area contributed by atoms with Crippen molar-refractivity contribution in [2.45, 2.75) is 13.0 Å². The van der Waals surface area contributed by atoms with Gasteiger partial charge in [-0.1, -0.05) is 0 Å². The minimum Gasteiger partial charge on any atom is -0.463 e. The van der Waals surface area contributed by atoms with Gasteiger partial charge in [0.2, 0.25) is 0 Å². The van der Waals surface area contributed by atoms with Crippen molar-refractivity contribution in [3.8, 4) is 11.5 Å². The summed E-state index contributed by atoms with van der Waals surface area (Å²) in [6, 6.07) is 3.62. The summed E-state index contributed by atoms with van der Waals surface area (Å²) in [4.78, 5) is 26.1. The second kappa shape index (κ2) is 6.58. The number of hydrogen-bond donors (Lipinski definition) is 1. The molecule has 0 radical (unpaired) electrons. The molecular weight excluding hydrogens is 310 g/mol. The Hall–Kier alpha value is -2.45. The lowest BCUT2D eigenvalue weighted by atomic mass is 10.3. The molecule has 3 aromatic heterocycles. The van der Waals surface area contributed by atoms with E-state index in [2.05, 4.69) is 19.9 Å². The number of rotatable bonds is 5. The average molecular weight is 329 g/mol. The van der Waals surface area contributed by atoms with E-state index in [0.29, 0.717) is 29.3 Å². The predicted octanol–water partition coefficient (Wildman–Crippen LogP) is 1.10. The number of fused-ring (bicyclic) bond motifs is 1. The van der Waals surface area contributed by atoms with Crippen LogP contribution in [0.25, 0.3) is 22.7 Å². The normalized spacial score (nSPS) is 16.0. The van der Waals surface area contributed by atoms with Gasteiger partial charge in [-0.15, -0.1) is 0 Å². The van der Waals surface area contributed by atoms with Gasteiger partial charge < -0.3 is 9.15 Å². The lowest BCUT2D eigenvalue weighted by Crippen LogP contribution is -2.37. The van der Waals surface area contributed by atoms with E-state index in [1.807, 2.05) is 6.07 Å². The molecule has 126 valence electrons. The van der Waals surface area contributed by atoms with Crippen molar-refractivity contribution in [2.24, 2.45) is 0 Å². The van der Waals surface area contributed by atoms with E-state index < -0.39 is 0 Å². The van der Waals surface area contributed by atoms with E-state index in [-0.39, 0.29) is 5.69 Å². The molecule has 0 unspecified atom stereocenters. The summed E-state index contributed by atoms with van der Waals surface area (Å²) in [7, 11) is 0. The van der Waals surface area contributed by atoms with Crippen molar-refractivity contribution in [2.75, 3.05) is 32.8 Å². The Bertz CT molecular complexity index is 862. The Morgan fingerprint density at radius 3 is 2.92 bits per heavy atom. The highest BCUT2D eigenvalue weighted by molar-refractivity contribution is 5.69. The van der Waals surface area contributed by atoms with Gasteiger partial charge in [0, 0.05) is 26.2 Å². The fourth-order valence-corrected chi connectivity index (χ4v) is 2.95. The van der Waals surface area contributed by atoms with E-state index in [0.717, 1.165) is 39.3 Å². The summed E-state index contributed by atoms with van der Waals surface area (Å²) >= 11 is 0. The van der Waals surface area contributed by atoms with Gasteiger partial charge in [-0.05, 0) is 18.6 Å². The van der Waals surface area contributed by atoms with Gasteiger partial charge in [-0.2, -0.15) is 0 Å². The maximum absolute atomic E-state index is 12.2. The van der Waals surface area contributed by atoms with Gasteiger partial charge >= 0.3 is 5.69 Å². The van der Waals surface area contributed by atoms with Crippen LogP contribution in [0.3, 0.4) is 0 Å². The summed E-state index contributed by atoms with van der Waals surface area (Å²) in [5, 5.41) is 0. The van der Waals surface area contributed by atoms with Crippen LogP contribution in [0, 0.1) is 0 Å². The molecule has 1 aliphatic rings. The number of hydrogen-bond acceptors (Lipinski definition) is 6. The zero-order chi connectivity index (χ0) is 16.4. The van der Waals surface area contributed by atoms with Crippen LogP contribution in [-0.4, -0.2) is 57.3 Å².